The molecule has 0 fully saturated rings. The van der Waals surface area contributed by atoms with Crippen molar-refractivity contribution in [1.29, 1.82) is 0 Å². The Hall–Kier alpha value is -0.890. The molecule has 0 aliphatic heterocycles. The predicted molar refractivity (Wildman–Crippen MR) is 63.9 cm³/mol. The van der Waals surface area contributed by atoms with Gasteiger partial charge in [-0.2, -0.15) is 0 Å². The van der Waals surface area contributed by atoms with E-state index in [4.69, 9.17) is 17.3 Å². The van der Waals surface area contributed by atoms with Crippen molar-refractivity contribution in [3.63, 3.8) is 0 Å². The lowest BCUT2D eigenvalue weighted by Crippen LogP contribution is -2.04. The Morgan fingerprint density at radius 3 is 2.79 bits per heavy atom. The van der Waals surface area contributed by atoms with E-state index in [1.165, 1.54) is 12.8 Å². The molecule has 78 valence electrons. The molecule has 3 N–H and O–H groups in total. The van der Waals surface area contributed by atoms with Crippen LogP contribution >= 0.6 is 11.6 Å². The molecule has 0 aromatic heterocycles. The molecule has 14 heavy (non-hydrogen) atoms. The van der Waals surface area contributed by atoms with Crippen molar-refractivity contribution in [2.45, 2.75) is 26.2 Å². The quantitative estimate of drug-likeness (QED) is 0.579. The van der Waals surface area contributed by atoms with Gasteiger partial charge in [0.25, 0.3) is 0 Å². The molecule has 0 heterocycles. The van der Waals surface area contributed by atoms with Gasteiger partial charge in [-0.15, -0.1) is 0 Å². The number of benzene rings is 1. The first-order chi connectivity index (χ1) is 6.75. The smallest absolute Gasteiger partial charge is 0.0763 e. The van der Waals surface area contributed by atoms with Crippen LogP contribution in [0.15, 0.2) is 18.2 Å². The van der Waals surface area contributed by atoms with Crippen molar-refractivity contribution in [1.82, 2.24) is 0 Å². The molecule has 0 bridgehead atoms. The van der Waals surface area contributed by atoms with E-state index < -0.39 is 0 Å². The Bertz CT molecular complexity index is 266. The van der Waals surface area contributed by atoms with E-state index in [0.29, 0.717) is 10.7 Å². The molecule has 1 rings (SSSR count). The highest BCUT2D eigenvalue weighted by Gasteiger charge is 2.02. The molecule has 1 aromatic carbocycles. The lowest BCUT2D eigenvalue weighted by atomic mass is 10.2. The molecule has 3 heteroatoms. The summed E-state index contributed by atoms with van der Waals surface area (Å²) in [5, 5.41) is 3.95. The third kappa shape index (κ3) is 3.11. The highest BCUT2D eigenvalue weighted by Crippen LogP contribution is 2.27. The maximum absolute atomic E-state index is 6.00. The number of para-hydroxylation sites is 1. The van der Waals surface area contributed by atoms with Crippen LogP contribution in [-0.2, 0) is 0 Å². The van der Waals surface area contributed by atoms with E-state index in [1.807, 2.05) is 18.2 Å². The van der Waals surface area contributed by atoms with Gasteiger partial charge in [0.05, 0.1) is 16.4 Å². The summed E-state index contributed by atoms with van der Waals surface area (Å²) in [4.78, 5) is 0. The maximum atomic E-state index is 6.00. The van der Waals surface area contributed by atoms with Gasteiger partial charge < -0.3 is 11.1 Å². The predicted octanol–water partition coefficient (Wildman–Crippen LogP) is 3.52. The minimum absolute atomic E-state index is 0.696. The first-order valence-corrected chi connectivity index (χ1v) is 5.41. The second-order valence-electron chi connectivity index (χ2n) is 3.34. The van der Waals surface area contributed by atoms with Crippen LogP contribution in [0.4, 0.5) is 11.4 Å². The lowest BCUT2D eigenvalue weighted by molar-refractivity contribution is 0.744. The van der Waals surface area contributed by atoms with Crippen molar-refractivity contribution in [3.05, 3.63) is 23.2 Å². The third-order valence-corrected chi connectivity index (χ3v) is 2.44. The largest absolute Gasteiger partial charge is 0.397 e. The third-order valence-electron chi connectivity index (χ3n) is 2.13. The summed E-state index contributed by atoms with van der Waals surface area (Å²) in [7, 11) is 0. The standard InChI is InChI=1S/C11H17ClN2/c1-2-3-4-8-14-11-9(12)6-5-7-10(11)13/h5-7,14H,2-4,8,13H2,1H3. The second kappa shape index (κ2) is 5.76. The fourth-order valence-electron chi connectivity index (χ4n) is 1.32. The number of halogens is 1. The Morgan fingerprint density at radius 2 is 2.14 bits per heavy atom. The molecular formula is C11H17ClN2. The summed E-state index contributed by atoms with van der Waals surface area (Å²) in [6.07, 6.45) is 3.61. The summed E-state index contributed by atoms with van der Waals surface area (Å²) in [5.41, 5.74) is 7.37. The van der Waals surface area contributed by atoms with Crippen molar-refractivity contribution in [2.75, 3.05) is 17.6 Å². The Morgan fingerprint density at radius 1 is 1.36 bits per heavy atom. The molecule has 2 nitrogen and oxygen atoms in total. The van der Waals surface area contributed by atoms with E-state index in [2.05, 4.69) is 12.2 Å². The van der Waals surface area contributed by atoms with Crippen molar-refractivity contribution >= 4 is 23.0 Å². The zero-order valence-corrected chi connectivity index (χ0v) is 9.27. The van der Waals surface area contributed by atoms with Gasteiger partial charge in [-0.1, -0.05) is 37.4 Å². The number of nitrogens with two attached hydrogens (primary N) is 1. The van der Waals surface area contributed by atoms with Gasteiger partial charge in [0, 0.05) is 6.54 Å². The Labute approximate surface area is 90.4 Å². The van der Waals surface area contributed by atoms with E-state index in [0.717, 1.165) is 18.7 Å². The molecule has 0 amide bonds. The number of rotatable bonds is 5. The van der Waals surface area contributed by atoms with Crippen LogP contribution in [0.5, 0.6) is 0 Å². The first kappa shape index (κ1) is 11.2. The van der Waals surface area contributed by atoms with Crippen LogP contribution < -0.4 is 11.1 Å². The van der Waals surface area contributed by atoms with Crippen molar-refractivity contribution < 1.29 is 0 Å². The van der Waals surface area contributed by atoms with Gasteiger partial charge in [-0.25, -0.2) is 0 Å². The molecule has 0 radical (unpaired) electrons. The molecule has 0 unspecified atom stereocenters. The van der Waals surface area contributed by atoms with Crippen LogP contribution in [0.1, 0.15) is 26.2 Å². The van der Waals surface area contributed by atoms with Crippen LogP contribution in [0, 0.1) is 0 Å². The Kier molecular flexibility index (Phi) is 4.60. The SMILES string of the molecule is CCCCCNc1c(N)cccc1Cl. The summed E-state index contributed by atoms with van der Waals surface area (Å²) >= 11 is 6.00. The minimum Gasteiger partial charge on any atom is -0.397 e. The van der Waals surface area contributed by atoms with Gasteiger partial charge >= 0.3 is 0 Å². The summed E-state index contributed by atoms with van der Waals surface area (Å²) in [6.45, 7) is 3.12. The fourth-order valence-corrected chi connectivity index (χ4v) is 1.56. The van der Waals surface area contributed by atoms with Crippen LogP contribution in [0.25, 0.3) is 0 Å². The van der Waals surface area contributed by atoms with E-state index in [9.17, 15) is 0 Å². The van der Waals surface area contributed by atoms with E-state index >= 15 is 0 Å². The molecule has 0 aliphatic rings. The monoisotopic (exact) mass is 212 g/mol. The number of nitrogens with one attached hydrogen (secondary N) is 1. The number of unbranched alkanes of at least 4 members (excludes halogenated alkanes) is 2. The second-order valence-corrected chi connectivity index (χ2v) is 3.75. The van der Waals surface area contributed by atoms with E-state index in [1.54, 1.807) is 0 Å². The van der Waals surface area contributed by atoms with E-state index in [-0.39, 0.29) is 0 Å². The maximum Gasteiger partial charge on any atom is 0.0763 e. The van der Waals surface area contributed by atoms with Crippen LogP contribution in [0.3, 0.4) is 0 Å². The van der Waals surface area contributed by atoms with Crippen molar-refractivity contribution in [3.8, 4) is 0 Å². The van der Waals surface area contributed by atoms with Crippen LogP contribution in [-0.4, -0.2) is 6.54 Å². The topological polar surface area (TPSA) is 38.0 Å². The first-order valence-electron chi connectivity index (χ1n) is 5.03. The van der Waals surface area contributed by atoms with Gasteiger partial charge in [0.1, 0.15) is 0 Å². The zero-order chi connectivity index (χ0) is 10.4. The van der Waals surface area contributed by atoms with Gasteiger partial charge in [0.2, 0.25) is 0 Å². The fraction of sp³-hybridized carbons (Fsp3) is 0.455. The average Bonchev–Trinajstić information content (AvgIpc) is 2.16. The summed E-state index contributed by atoms with van der Waals surface area (Å²) in [6, 6.07) is 5.56. The molecular weight excluding hydrogens is 196 g/mol. The minimum atomic E-state index is 0.696. The van der Waals surface area contributed by atoms with Crippen molar-refractivity contribution in [2.24, 2.45) is 0 Å². The summed E-state index contributed by atoms with van der Waals surface area (Å²) in [5.74, 6) is 0. The Balaban J connectivity index is 2.49. The molecule has 1 aromatic rings. The molecule has 0 atom stereocenters. The normalized spacial score (nSPS) is 10.1. The van der Waals surface area contributed by atoms with Gasteiger partial charge in [0.15, 0.2) is 0 Å². The highest BCUT2D eigenvalue weighted by atomic mass is 35.5. The lowest BCUT2D eigenvalue weighted by Gasteiger charge is -2.10. The van der Waals surface area contributed by atoms with Crippen LogP contribution in [0.2, 0.25) is 5.02 Å². The molecule has 0 spiro atoms. The molecule has 0 aliphatic carbocycles. The summed E-state index contributed by atoms with van der Waals surface area (Å²) < 4.78 is 0. The molecule has 0 saturated heterocycles. The zero-order valence-electron chi connectivity index (χ0n) is 8.52. The van der Waals surface area contributed by atoms with Gasteiger partial charge in [-0.05, 0) is 18.6 Å². The number of hydrogen-bond acceptors (Lipinski definition) is 2. The average molecular weight is 213 g/mol. The number of nitrogen functional groups attached to an aromatic ring is 1. The molecule has 0 saturated carbocycles. The number of hydrogen-bond donors (Lipinski definition) is 2. The van der Waals surface area contributed by atoms with Gasteiger partial charge in [-0.3, -0.25) is 0 Å². The number of anilines is 2. The highest BCUT2D eigenvalue weighted by molar-refractivity contribution is 6.33.